The lowest BCUT2D eigenvalue weighted by Crippen LogP contribution is -2.41. The average molecular weight is 521 g/mol. The first-order valence-corrected chi connectivity index (χ1v) is 16.7. The number of rotatable bonds is 8. The van der Waals surface area contributed by atoms with E-state index in [1.54, 1.807) is 0 Å². The van der Waals surface area contributed by atoms with Crippen LogP contribution in [0.3, 0.4) is 0 Å². The van der Waals surface area contributed by atoms with Crippen molar-refractivity contribution >= 4 is 26.4 Å². The highest BCUT2D eigenvalue weighted by atomic mass is 28.4. The fourth-order valence-electron chi connectivity index (χ4n) is 4.89. The molecule has 4 heteroatoms. The van der Waals surface area contributed by atoms with Crippen LogP contribution in [0.15, 0.2) is 36.4 Å². The number of aryl methyl sites for hydroxylation is 1. The standard InChI is InChI=1S/C33H48O3Si/c1-31(2,3)37(9,10)36-21-11-12-26-22-28-29(33(6,7)20-19-32(28,4)5)23-27(26)18-15-24-13-16-25(17-14-24)30(34)35-8/h13-18,22-23H,11-12,19-21H2,1-10H3/b18-15+. The lowest BCUT2D eigenvalue weighted by molar-refractivity contribution is 0.0600. The molecule has 37 heavy (non-hydrogen) atoms. The van der Waals surface area contributed by atoms with E-state index in [1.165, 1.54) is 42.2 Å². The van der Waals surface area contributed by atoms with Gasteiger partial charge in [-0.15, -0.1) is 0 Å². The van der Waals surface area contributed by atoms with Crippen LogP contribution >= 0.6 is 0 Å². The summed E-state index contributed by atoms with van der Waals surface area (Å²) in [5, 5.41) is 0.228. The molecule has 0 atom stereocenters. The Morgan fingerprint density at radius 3 is 2.05 bits per heavy atom. The summed E-state index contributed by atoms with van der Waals surface area (Å²) in [5.74, 6) is -0.308. The summed E-state index contributed by atoms with van der Waals surface area (Å²) in [7, 11) is -0.333. The van der Waals surface area contributed by atoms with Crippen molar-refractivity contribution in [1.82, 2.24) is 0 Å². The molecule has 0 radical (unpaired) electrons. The maximum atomic E-state index is 11.8. The number of hydrogen-bond donors (Lipinski definition) is 0. The summed E-state index contributed by atoms with van der Waals surface area (Å²) in [6, 6.07) is 12.5. The molecule has 1 aliphatic carbocycles. The molecule has 0 unspecified atom stereocenters. The first-order valence-electron chi connectivity index (χ1n) is 13.8. The Morgan fingerprint density at radius 2 is 1.51 bits per heavy atom. The van der Waals surface area contributed by atoms with Crippen LogP contribution in [0.25, 0.3) is 12.2 Å². The highest BCUT2D eigenvalue weighted by Gasteiger charge is 2.38. The van der Waals surface area contributed by atoms with E-state index < -0.39 is 8.32 Å². The van der Waals surface area contributed by atoms with Crippen LogP contribution in [-0.2, 0) is 26.4 Å². The van der Waals surface area contributed by atoms with Crippen molar-refractivity contribution in [3.63, 3.8) is 0 Å². The van der Waals surface area contributed by atoms with E-state index in [4.69, 9.17) is 9.16 Å². The van der Waals surface area contributed by atoms with Gasteiger partial charge in [0.15, 0.2) is 8.32 Å². The van der Waals surface area contributed by atoms with Crippen LogP contribution in [0.1, 0.15) is 106 Å². The first-order chi connectivity index (χ1) is 17.1. The SMILES string of the molecule is COC(=O)c1ccc(/C=C/c2cc3c(cc2CCCO[Si](C)(C)C(C)(C)C)C(C)(C)CCC3(C)C)cc1. The van der Waals surface area contributed by atoms with Gasteiger partial charge in [-0.2, -0.15) is 0 Å². The molecular formula is C33H48O3Si. The molecule has 202 valence electrons. The van der Waals surface area contributed by atoms with Crippen LogP contribution in [0, 0.1) is 0 Å². The Kier molecular flexibility index (Phi) is 8.66. The van der Waals surface area contributed by atoms with Crippen LogP contribution in [0.2, 0.25) is 18.1 Å². The molecule has 0 bridgehead atoms. The quantitative estimate of drug-likeness (QED) is 0.151. The second-order valence-electron chi connectivity index (χ2n) is 13.5. The van der Waals surface area contributed by atoms with Crippen LogP contribution < -0.4 is 0 Å². The highest BCUT2D eigenvalue weighted by molar-refractivity contribution is 6.74. The number of methoxy groups -OCH3 is 1. The Bertz CT molecular complexity index is 1130. The van der Waals surface area contributed by atoms with Gasteiger partial charge in [-0.3, -0.25) is 0 Å². The third kappa shape index (κ3) is 6.83. The lowest BCUT2D eigenvalue weighted by atomic mass is 9.62. The molecule has 0 saturated carbocycles. The Balaban J connectivity index is 1.92. The number of hydrogen-bond acceptors (Lipinski definition) is 3. The number of carbonyl (C=O) groups is 1. The van der Waals surface area contributed by atoms with Gasteiger partial charge >= 0.3 is 5.97 Å². The Labute approximate surface area is 226 Å². The van der Waals surface area contributed by atoms with E-state index in [0.29, 0.717) is 5.56 Å². The van der Waals surface area contributed by atoms with Crippen molar-refractivity contribution in [2.75, 3.05) is 13.7 Å². The fraction of sp³-hybridized carbons (Fsp3) is 0.545. The number of esters is 1. The number of fused-ring (bicyclic) bond motifs is 1. The van der Waals surface area contributed by atoms with Crippen molar-refractivity contribution in [2.45, 2.75) is 103 Å². The maximum Gasteiger partial charge on any atom is 0.337 e. The molecule has 0 aromatic heterocycles. The summed E-state index contributed by atoms with van der Waals surface area (Å²) < 4.78 is 11.3. The molecule has 1 aliphatic rings. The van der Waals surface area contributed by atoms with Crippen LogP contribution in [0.5, 0.6) is 0 Å². The van der Waals surface area contributed by atoms with E-state index in [2.05, 4.69) is 85.8 Å². The van der Waals surface area contributed by atoms with Gasteiger partial charge < -0.3 is 9.16 Å². The molecule has 3 nitrogen and oxygen atoms in total. The van der Waals surface area contributed by atoms with Crippen molar-refractivity contribution in [2.24, 2.45) is 0 Å². The molecule has 0 N–H and O–H groups in total. The lowest BCUT2D eigenvalue weighted by Gasteiger charge is -2.42. The number of carbonyl (C=O) groups excluding carboxylic acids is 1. The third-order valence-electron chi connectivity index (χ3n) is 8.76. The molecule has 2 aromatic carbocycles. The van der Waals surface area contributed by atoms with Crippen LogP contribution in [0.4, 0.5) is 0 Å². The zero-order chi connectivity index (χ0) is 27.6. The second kappa shape index (κ2) is 10.9. The summed E-state index contributed by atoms with van der Waals surface area (Å²) in [6.45, 7) is 21.9. The van der Waals surface area contributed by atoms with Crippen molar-refractivity contribution in [3.8, 4) is 0 Å². The molecule has 0 fully saturated rings. The highest BCUT2D eigenvalue weighted by Crippen LogP contribution is 2.47. The van der Waals surface area contributed by atoms with Gasteiger partial charge in [0.2, 0.25) is 0 Å². The Morgan fingerprint density at radius 1 is 0.946 bits per heavy atom. The minimum atomic E-state index is -1.74. The average Bonchev–Trinajstić information content (AvgIpc) is 2.82. The van der Waals surface area contributed by atoms with Gasteiger partial charge in [-0.1, -0.05) is 84.9 Å². The van der Waals surface area contributed by atoms with Gasteiger partial charge in [-0.05, 0) is 94.6 Å². The zero-order valence-corrected chi connectivity index (χ0v) is 25.9. The van der Waals surface area contributed by atoms with E-state index >= 15 is 0 Å². The van der Waals surface area contributed by atoms with Gasteiger partial charge in [0, 0.05) is 6.61 Å². The van der Waals surface area contributed by atoms with Crippen molar-refractivity contribution in [3.05, 3.63) is 69.8 Å². The van der Waals surface area contributed by atoms with E-state index in [0.717, 1.165) is 25.0 Å². The molecule has 0 saturated heterocycles. The normalized spacial score (nSPS) is 17.0. The molecule has 3 rings (SSSR count). The van der Waals surface area contributed by atoms with Gasteiger partial charge in [0.05, 0.1) is 12.7 Å². The third-order valence-corrected chi connectivity index (χ3v) is 13.3. The van der Waals surface area contributed by atoms with Gasteiger partial charge in [-0.25, -0.2) is 4.79 Å². The zero-order valence-electron chi connectivity index (χ0n) is 24.9. The number of benzene rings is 2. The second-order valence-corrected chi connectivity index (χ2v) is 18.3. The molecule has 0 spiro atoms. The van der Waals surface area contributed by atoms with Crippen molar-refractivity contribution in [1.29, 1.82) is 0 Å². The van der Waals surface area contributed by atoms with Gasteiger partial charge in [0.25, 0.3) is 0 Å². The monoisotopic (exact) mass is 520 g/mol. The largest absolute Gasteiger partial charge is 0.465 e. The summed E-state index contributed by atoms with van der Waals surface area (Å²) >= 11 is 0. The van der Waals surface area contributed by atoms with Crippen molar-refractivity contribution < 1.29 is 14.0 Å². The predicted molar refractivity (Wildman–Crippen MR) is 160 cm³/mol. The van der Waals surface area contributed by atoms with Crippen LogP contribution in [-0.4, -0.2) is 28.0 Å². The molecular weight excluding hydrogens is 472 g/mol. The first kappa shape index (κ1) is 29.4. The summed E-state index contributed by atoms with van der Waals surface area (Å²) in [6.07, 6.45) is 8.82. The summed E-state index contributed by atoms with van der Waals surface area (Å²) in [4.78, 5) is 11.8. The summed E-state index contributed by atoms with van der Waals surface area (Å²) in [5.41, 5.74) is 7.65. The van der Waals surface area contributed by atoms with Gasteiger partial charge in [0.1, 0.15) is 0 Å². The predicted octanol–water partition coefficient (Wildman–Crippen LogP) is 8.95. The smallest absolute Gasteiger partial charge is 0.337 e. The maximum absolute atomic E-state index is 11.8. The molecule has 2 aromatic rings. The van der Waals surface area contributed by atoms with E-state index in [1.807, 2.05) is 24.3 Å². The minimum absolute atomic E-state index is 0.166. The van der Waals surface area contributed by atoms with E-state index in [9.17, 15) is 4.79 Å². The topological polar surface area (TPSA) is 35.5 Å². The molecule has 0 aliphatic heterocycles. The fourth-order valence-corrected chi connectivity index (χ4v) is 5.98. The van der Waals surface area contributed by atoms with E-state index in [-0.39, 0.29) is 21.8 Å². The molecule has 0 amide bonds. The minimum Gasteiger partial charge on any atom is -0.465 e. The molecule has 0 heterocycles. The Hall–Kier alpha value is -2.17. The number of ether oxygens (including phenoxy) is 1.